The van der Waals surface area contributed by atoms with Crippen LogP contribution in [0.5, 0.6) is 0 Å². The van der Waals surface area contributed by atoms with Crippen molar-refractivity contribution in [2.24, 2.45) is 5.92 Å². The first-order valence-corrected chi connectivity index (χ1v) is 9.98. The van der Waals surface area contributed by atoms with Gasteiger partial charge in [-0.1, -0.05) is 18.2 Å². The van der Waals surface area contributed by atoms with Crippen LogP contribution in [0.1, 0.15) is 45.4 Å². The lowest BCUT2D eigenvalue weighted by atomic mass is 9.91. The van der Waals surface area contributed by atoms with E-state index in [1.807, 2.05) is 42.2 Å². The van der Waals surface area contributed by atoms with Crippen molar-refractivity contribution < 1.29 is 14.4 Å². The van der Waals surface area contributed by atoms with E-state index in [1.165, 1.54) is 0 Å². The van der Waals surface area contributed by atoms with Gasteiger partial charge in [-0.3, -0.25) is 14.4 Å². The first kappa shape index (κ1) is 19.4. The molecule has 0 aliphatic carbocycles. The second-order valence-corrected chi connectivity index (χ2v) is 7.59. The second kappa shape index (κ2) is 9.02. The third kappa shape index (κ3) is 5.08. The molecule has 2 saturated heterocycles. The van der Waals surface area contributed by atoms with Crippen LogP contribution in [0.25, 0.3) is 0 Å². The number of amides is 3. The maximum Gasteiger partial charge on any atom is 0.245 e. The molecule has 1 aromatic carbocycles. The van der Waals surface area contributed by atoms with E-state index in [2.05, 4.69) is 5.32 Å². The summed E-state index contributed by atoms with van der Waals surface area (Å²) < 4.78 is 0. The van der Waals surface area contributed by atoms with Gasteiger partial charge in [0.25, 0.3) is 0 Å². The van der Waals surface area contributed by atoms with Crippen LogP contribution in [0.2, 0.25) is 0 Å². The Morgan fingerprint density at radius 3 is 2.48 bits per heavy atom. The van der Waals surface area contributed by atoms with Crippen LogP contribution < -0.4 is 5.32 Å². The highest BCUT2D eigenvalue weighted by atomic mass is 16.2. The number of para-hydroxylation sites is 1. The lowest BCUT2D eigenvalue weighted by molar-refractivity contribution is -0.143. The summed E-state index contributed by atoms with van der Waals surface area (Å²) >= 11 is 0. The van der Waals surface area contributed by atoms with Crippen molar-refractivity contribution in [3.63, 3.8) is 0 Å². The number of nitrogens with zero attached hydrogens (tertiary/aromatic N) is 2. The van der Waals surface area contributed by atoms with Crippen molar-refractivity contribution in [1.29, 1.82) is 0 Å². The topological polar surface area (TPSA) is 69.7 Å². The van der Waals surface area contributed by atoms with Gasteiger partial charge in [0.05, 0.1) is 0 Å². The second-order valence-electron chi connectivity index (χ2n) is 7.59. The minimum Gasteiger partial charge on any atom is -0.341 e. The van der Waals surface area contributed by atoms with Gasteiger partial charge >= 0.3 is 0 Å². The summed E-state index contributed by atoms with van der Waals surface area (Å²) in [6.45, 7) is 3.97. The minimum absolute atomic E-state index is 0.0425. The van der Waals surface area contributed by atoms with Crippen molar-refractivity contribution in [2.75, 3.05) is 25.0 Å². The Hall–Kier alpha value is -2.37. The molecule has 6 heteroatoms. The Bertz CT molecular complexity index is 669. The Labute approximate surface area is 160 Å². The van der Waals surface area contributed by atoms with Gasteiger partial charge in [0, 0.05) is 38.2 Å². The van der Waals surface area contributed by atoms with Crippen LogP contribution in [0.3, 0.4) is 0 Å². The van der Waals surface area contributed by atoms with E-state index in [1.54, 1.807) is 4.90 Å². The fourth-order valence-electron chi connectivity index (χ4n) is 4.00. The Balaban J connectivity index is 1.39. The van der Waals surface area contributed by atoms with Crippen LogP contribution in [0, 0.1) is 5.92 Å². The highest BCUT2D eigenvalue weighted by Gasteiger charge is 2.33. The molecule has 2 aliphatic rings. The number of nitrogens with one attached hydrogen (secondary N) is 1. The van der Waals surface area contributed by atoms with E-state index >= 15 is 0 Å². The van der Waals surface area contributed by atoms with E-state index in [4.69, 9.17) is 0 Å². The molecule has 0 bridgehead atoms. The van der Waals surface area contributed by atoms with Gasteiger partial charge in [0.2, 0.25) is 17.7 Å². The predicted molar refractivity (Wildman–Crippen MR) is 104 cm³/mol. The molecule has 27 heavy (non-hydrogen) atoms. The first-order chi connectivity index (χ1) is 13.0. The highest BCUT2D eigenvalue weighted by molar-refractivity contribution is 5.90. The number of hydrogen-bond acceptors (Lipinski definition) is 3. The van der Waals surface area contributed by atoms with Crippen LogP contribution in [0.15, 0.2) is 30.3 Å². The Kier molecular flexibility index (Phi) is 6.48. The Morgan fingerprint density at radius 2 is 1.85 bits per heavy atom. The molecule has 2 aliphatic heterocycles. The van der Waals surface area contributed by atoms with Crippen LogP contribution in [0.4, 0.5) is 5.69 Å². The monoisotopic (exact) mass is 371 g/mol. The average Bonchev–Trinajstić information content (AvgIpc) is 3.12. The zero-order valence-corrected chi connectivity index (χ0v) is 16.0. The number of carbonyl (C=O) groups excluding carboxylic acids is 3. The predicted octanol–water partition coefficient (Wildman–Crippen LogP) is 2.65. The first-order valence-electron chi connectivity index (χ1n) is 9.98. The molecule has 1 N–H and O–H groups in total. The van der Waals surface area contributed by atoms with Gasteiger partial charge in [0.1, 0.15) is 6.04 Å². The van der Waals surface area contributed by atoms with Crippen LogP contribution in [-0.4, -0.2) is 53.2 Å². The molecule has 2 heterocycles. The molecule has 0 spiro atoms. The van der Waals surface area contributed by atoms with Crippen LogP contribution in [-0.2, 0) is 14.4 Å². The zero-order valence-electron chi connectivity index (χ0n) is 16.0. The van der Waals surface area contributed by atoms with Gasteiger partial charge in [-0.25, -0.2) is 0 Å². The summed E-state index contributed by atoms with van der Waals surface area (Å²) in [7, 11) is 0. The number of piperidine rings is 1. The smallest absolute Gasteiger partial charge is 0.245 e. The minimum atomic E-state index is -0.354. The number of anilines is 1. The largest absolute Gasteiger partial charge is 0.341 e. The molecule has 0 saturated carbocycles. The summed E-state index contributed by atoms with van der Waals surface area (Å²) in [4.78, 5) is 40.2. The molecule has 2 fully saturated rings. The fourth-order valence-corrected chi connectivity index (χ4v) is 4.00. The SMILES string of the molecule is CC(C(=O)N1CCC(CCC(=O)Nc2ccccc2)CC1)N1CCCC1=O. The molecule has 1 aromatic rings. The quantitative estimate of drug-likeness (QED) is 0.836. The number of benzene rings is 1. The molecule has 3 amide bonds. The van der Waals surface area contributed by atoms with Crippen molar-refractivity contribution in [1.82, 2.24) is 9.80 Å². The molecule has 0 radical (unpaired) electrons. The maximum absolute atomic E-state index is 12.7. The molecular weight excluding hydrogens is 342 g/mol. The van der Waals surface area contributed by atoms with Crippen molar-refractivity contribution in [3.8, 4) is 0 Å². The molecule has 1 unspecified atom stereocenters. The van der Waals surface area contributed by atoms with E-state index in [9.17, 15) is 14.4 Å². The fraction of sp³-hybridized carbons (Fsp3) is 0.571. The van der Waals surface area contributed by atoms with E-state index < -0.39 is 0 Å². The van der Waals surface area contributed by atoms with E-state index in [-0.39, 0.29) is 23.8 Å². The normalized spacial score (nSPS) is 19.2. The molecular formula is C21H29N3O3. The molecule has 6 nitrogen and oxygen atoms in total. The van der Waals surface area contributed by atoms with Gasteiger partial charge in [-0.05, 0) is 50.7 Å². The Morgan fingerprint density at radius 1 is 1.15 bits per heavy atom. The van der Waals surface area contributed by atoms with Gasteiger partial charge in [0.15, 0.2) is 0 Å². The van der Waals surface area contributed by atoms with Crippen molar-refractivity contribution >= 4 is 23.4 Å². The van der Waals surface area contributed by atoms with Crippen molar-refractivity contribution in [2.45, 2.75) is 51.5 Å². The average molecular weight is 371 g/mol. The third-order valence-electron chi connectivity index (χ3n) is 5.70. The summed E-state index contributed by atoms with van der Waals surface area (Å²) in [6.07, 6.45) is 4.61. The van der Waals surface area contributed by atoms with Crippen molar-refractivity contribution in [3.05, 3.63) is 30.3 Å². The molecule has 1 atom stereocenters. The standard InChI is InChI=1S/C21H29N3O3/c1-16(24-13-5-8-20(24)26)21(27)23-14-11-17(12-15-23)9-10-19(25)22-18-6-3-2-4-7-18/h2-4,6-7,16-17H,5,8-15H2,1H3,(H,22,25). The number of hydrogen-bond donors (Lipinski definition) is 1. The number of carbonyl (C=O) groups is 3. The molecule has 146 valence electrons. The summed E-state index contributed by atoms with van der Waals surface area (Å²) in [6, 6.07) is 9.14. The molecule has 0 aromatic heterocycles. The van der Waals surface area contributed by atoms with Gasteiger partial charge < -0.3 is 15.1 Å². The maximum atomic E-state index is 12.7. The summed E-state index contributed by atoms with van der Waals surface area (Å²) in [5.74, 6) is 0.667. The third-order valence-corrected chi connectivity index (χ3v) is 5.70. The lowest BCUT2D eigenvalue weighted by Crippen LogP contribution is -2.49. The van der Waals surface area contributed by atoms with Crippen LogP contribution >= 0.6 is 0 Å². The number of likely N-dealkylation sites (tertiary alicyclic amines) is 2. The number of rotatable bonds is 6. The summed E-state index contributed by atoms with van der Waals surface area (Å²) in [5.41, 5.74) is 0.827. The lowest BCUT2D eigenvalue weighted by Gasteiger charge is -2.35. The van der Waals surface area contributed by atoms with E-state index in [0.29, 0.717) is 25.3 Å². The molecule has 3 rings (SSSR count). The van der Waals surface area contributed by atoms with E-state index in [0.717, 1.165) is 44.5 Å². The highest BCUT2D eigenvalue weighted by Crippen LogP contribution is 2.24. The zero-order chi connectivity index (χ0) is 19.2. The van der Waals surface area contributed by atoms with Gasteiger partial charge in [-0.2, -0.15) is 0 Å². The summed E-state index contributed by atoms with van der Waals surface area (Å²) in [5, 5.41) is 2.92. The van der Waals surface area contributed by atoms with Gasteiger partial charge in [-0.15, -0.1) is 0 Å².